The van der Waals surface area contributed by atoms with Crippen LogP contribution in [0.4, 0.5) is 4.79 Å². The molecule has 1 unspecified atom stereocenters. The molecule has 0 radical (unpaired) electrons. The molecule has 0 saturated carbocycles. The second kappa shape index (κ2) is 7.23. The van der Waals surface area contributed by atoms with Gasteiger partial charge in [-0.1, -0.05) is 30.3 Å². The summed E-state index contributed by atoms with van der Waals surface area (Å²) in [5.41, 5.74) is 0.953. The van der Waals surface area contributed by atoms with E-state index in [2.05, 4.69) is 15.5 Å². The Morgan fingerprint density at radius 3 is 2.78 bits per heavy atom. The average molecular weight is 317 g/mol. The zero-order valence-corrected chi connectivity index (χ0v) is 12.9. The fourth-order valence-electron chi connectivity index (χ4n) is 2.43. The zero-order valence-electron chi connectivity index (χ0n) is 12.9. The van der Waals surface area contributed by atoms with Gasteiger partial charge in [-0.15, -0.1) is 10.2 Å². The number of nitrogens with one attached hydrogen (secondary N) is 1. The molecule has 0 bridgehead atoms. The van der Waals surface area contributed by atoms with E-state index in [9.17, 15) is 4.79 Å². The Hall–Kier alpha value is -2.41. The van der Waals surface area contributed by atoms with Crippen LogP contribution in [0.15, 0.2) is 34.7 Å². The van der Waals surface area contributed by atoms with E-state index in [1.807, 2.05) is 30.3 Å². The van der Waals surface area contributed by atoms with Gasteiger partial charge in [0.1, 0.15) is 12.7 Å². The molecule has 2 heterocycles. The van der Waals surface area contributed by atoms with Gasteiger partial charge in [0.25, 0.3) is 0 Å². The highest BCUT2D eigenvalue weighted by molar-refractivity contribution is 5.67. The molecule has 7 heteroatoms. The molecule has 1 amide bonds. The quantitative estimate of drug-likeness (QED) is 0.932. The molecule has 2 atom stereocenters. The van der Waals surface area contributed by atoms with Crippen molar-refractivity contribution >= 4 is 6.09 Å². The minimum atomic E-state index is -0.436. The average Bonchev–Trinajstić information content (AvgIpc) is 3.01. The Labute approximate surface area is 134 Å². The number of carbonyl (C=O) groups is 1. The van der Waals surface area contributed by atoms with Crippen molar-refractivity contribution in [1.82, 2.24) is 15.5 Å². The molecule has 1 aliphatic rings. The van der Waals surface area contributed by atoms with Crippen molar-refractivity contribution in [2.75, 3.05) is 6.61 Å². The minimum absolute atomic E-state index is 0.0708. The van der Waals surface area contributed by atoms with Crippen molar-refractivity contribution in [1.29, 1.82) is 0 Å². The predicted molar refractivity (Wildman–Crippen MR) is 80.5 cm³/mol. The topological polar surface area (TPSA) is 86.5 Å². The molecule has 0 aliphatic carbocycles. The van der Waals surface area contributed by atoms with Crippen LogP contribution in [0.2, 0.25) is 0 Å². The highest BCUT2D eigenvalue weighted by Crippen LogP contribution is 2.26. The monoisotopic (exact) mass is 317 g/mol. The Morgan fingerprint density at radius 2 is 2.13 bits per heavy atom. The van der Waals surface area contributed by atoms with Gasteiger partial charge in [-0.3, -0.25) is 0 Å². The maximum Gasteiger partial charge on any atom is 0.407 e. The molecule has 1 aromatic heterocycles. The third-order valence-electron chi connectivity index (χ3n) is 3.63. The van der Waals surface area contributed by atoms with Crippen molar-refractivity contribution in [2.24, 2.45) is 0 Å². The zero-order chi connectivity index (χ0) is 16.1. The van der Waals surface area contributed by atoms with Gasteiger partial charge >= 0.3 is 6.09 Å². The number of hydrogen-bond donors (Lipinski definition) is 1. The summed E-state index contributed by atoms with van der Waals surface area (Å²) >= 11 is 0. The number of amides is 1. The summed E-state index contributed by atoms with van der Waals surface area (Å²) in [7, 11) is 0. The van der Waals surface area contributed by atoms with Crippen LogP contribution >= 0.6 is 0 Å². The number of aromatic nitrogens is 2. The van der Waals surface area contributed by atoms with E-state index in [-0.39, 0.29) is 18.8 Å². The third kappa shape index (κ3) is 4.29. The maximum atomic E-state index is 11.8. The fourth-order valence-corrected chi connectivity index (χ4v) is 2.43. The minimum Gasteiger partial charge on any atom is -0.445 e. The Kier molecular flexibility index (Phi) is 4.87. The van der Waals surface area contributed by atoms with Crippen molar-refractivity contribution < 1.29 is 18.7 Å². The van der Waals surface area contributed by atoms with Crippen LogP contribution in [0.25, 0.3) is 0 Å². The van der Waals surface area contributed by atoms with Gasteiger partial charge in [-0.25, -0.2) is 4.79 Å². The normalized spacial score (nSPS) is 20.9. The van der Waals surface area contributed by atoms with Crippen LogP contribution in [0.3, 0.4) is 0 Å². The van der Waals surface area contributed by atoms with E-state index in [1.54, 1.807) is 6.92 Å². The summed E-state index contributed by atoms with van der Waals surface area (Å²) in [6.45, 7) is 2.39. The summed E-state index contributed by atoms with van der Waals surface area (Å²) in [5.74, 6) is 1.01. The van der Waals surface area contributed by atoms with E-state index in [0.717, 1.165) is 12.0 Å². The van der Waals surface area contributed by atoms with Crippen molar-refractivity contribution in [3.63, 3.8) is 0 Å². The largest absolute Gasteiger partial charge is 0.445 e. The molecule has 1 aliphatic heterocycles. The van der Waals surface area contributed by atoms with Gasteiger partial charge in [-0.2, -0.15) is 0 Å². The summed E-state index contributed by atoms with van der Waals surface area (Å²) in [6, 6.07) is 9.49. The predicted octanol–water partition coefficient (Wildman–Crippen LogP) is 2.52. The second-order valence-electron chi connectivity index (χ2n) is 5.46. The van der Waals surface area contributed by atoms with Crippen molar-refractivity contribution in [2.45, 2.75) is 38.5 Å². The Balaban J connectivity index is 1.41. The lowest BCUT2D eigenvalue weighted by Gasteiger charge is -2.27. The fraction of sp³-hybridized carbons (Fsp3) is 0.438. The standard InChI is InChI=1S/C16H19N3O4/c1-11-18-19-15(23-11)14-8-7-13(10-21-14)17-16(20)22-9-12-5-3-2-4-6-12/h2-6,13-14H,7-10H2,1H3,(H,17,20)/t13?,14-/m0/s1. The molecule has 1 saturated heterocycles. The lowest BCUT2D eigenvalue weighted by molar-refractivity contribution is -0.0190. The Morgan fingerprint density at radius 1 is 1.30 bits per heavy atom. The molecule has 23 heavy (non-hydrogen) atoms. The van der Waals surface area contributed by atoms with E-state index in [0.29, 0.717) is 24.8 Å². The van der Waals surface area contributed by atoms with Crippen LogP contribution in [-0.2, 0) is 16.1 Å². The molecule has 1 aromatic carbocycles. The summed E-state index contributed by atoms with van der Waals surface area (Å²) < 4.78 is 16.3. The van der Waals surface area contributed by atoms with Gasteiger partial charge in [0, 0.05) is 6.92 Å². The molecule has 122 valence electrons. The molecule has 0 spiro atoms. The van der Waals surface area contributed by atoms with Crippen LogP contribution in [0.5, 0.6) is 0 Å². The van der Waals surface area contributed by atoms with E-state index in [4.69, 9.17) is 13.9 Å². The number of aryl methyl sites for hydroxylation is 1. The van der Waals surface area contributed by atoms with E-state index < -0.39 is 6.09 Å². The molecule has 2 aromatic rings. The molecule has 1 fully saturated rings. The SMILES string of the molecule is Cc1nnc([C@@H]2CCC(NC(=O)OCc3ccccc3)CO2)o1. The lowest BCUT2D eigenvalue weighted by atomic mass is 10.1. The summed E-state index contributed by atoms with van der Waals surface area (Å²) in [4.78, 5) is 11.8. The van der Waals surface area contributed by atoms with Crippen molar-refractivity contribution in [3.05, 3.63) is 47.7 Å². The first kappa shape index (κ1) is 15.5. The second-order valence-corrected chi connectivity index (χ2v) is 5.46. The number of nitrogens with zero attached hydrogens (tertiary/aromatic N) is 2. The Bertz CT molecular complexity index is 636. The smallest absolute Gasteiger partial charge is 0.407 e. The molecule has 7 nitrogen and oxygen atoms in total. The first-order chi connectivity index (χ1) is 11.2. The lowest BCUT2D eigenvalue weighted by Crippen LogP contribution is -2.41. The van der Waals surface area contributed by atoms with Crippen LogP contribution in [-0.4, -0.2) is 28.9 Å². The number of benzene rings is 1. The van der Waals surface area contributed by atoms with Crippen LogP contribution < -0.4 is 5.32 Å². The third-order valence-corrected chi connectivity index (χ3v) is 3.63. The molecule has 3 rings (SSSR count). The highest BCUT2D eigenvalue weighted by atomic mass is 16.5. The maximum absolute atomic E-state index is 11.8. The first-order valence-corrected chi connectivity index (χ1v) is 7.59. The number of ether oxygens (including phenoxy) is 2. The van der Waals surface area contributed by atoms with Gasteiger partial charge in [0.05, 0.1) is 12.6 Å². The molecular formula is C16H19N3O4. The molecule has 1 N–H and O–H groups in total. The highest BCUT2D eigenvalue weighted by Gasteiger charge is 2.27. The number of carbonyl (C=O) groups excluding carboxylic acids is 1. The van der Waals surface area contributed by atoms with Gasteiger partial charge in [0.2, 0.25) is 11.8 Å². The van der Waals surface area contributed by atoms with Gasteiger partial charge < -0.3 is 19.2 Å². The van der Waals surface area contributed by atoms with Gasteiger partial charge in [0.15, 0.2) is 0 Å². The van der Waals surface area contributed by atoms with Gasteiger partial charge in [-0.05, 0) is 18.4 Å². The van der Waals surface area contributed by atoms with E-state index >= 15 is 0 Å². The number of hydrogen-bond acceptors (Lipinski definition) is 6. The number of rotatable bonds is 4. The van der Waals surface area contributed by atoms with E-state index in [1.165, 1.54) is 0 Å². The van der Waals surface area contributed by atoms with Crippen LogP contribution in [0, 0.1) is 6.92 Å². The summed E-state index contributed by atoms with van der Waals surface area (Å²) in [5, 5.41) is 10.6. The molecular weight excluding hydrogens is 298 g/mol. The number of alkyl carbamates (subject to hydrolysis) is 1. The van der Waals surface area contributed by atoms with Crippen molar-refractivity contribution in [3.8, 4) is 0 Å². The first-order valence-electron chi connectivity index (χ1n) is 7.59. The summed E-state index contributed by atoms with van der Waals surface area (Å²) in [6.07, 6.45) is 0.849. The van der Waals surface area contributed by atoms with Crippen LogP contribution in [0.1, 0.15) is 36.3 Å².